The quantitative estimate of drug-likeness (QED) is 0.564. The lowest BCUT2D eigenvalue weighted by Crippen LogP contribution is -2.61. The first-order valence-electron chi connectivity index (χ1n) is 5.15. The first kappa shape index (κ1) is 10.0. The predicted octanol–water partition coefficient (Wildman–Crippen LogP) is 1.18. The first-order valence-corrected chi connectivity index (χ1v) is 5.15. The highest BCUT2D eigenvalue weighted by molar-refractivity contribution is 4.61. The third kappa shape index (κ3) is 1.80. The molecular formula is C10H23N2+. The molecule has 0 radical (unpaired) electrons. The van der Waals surface area contributed by atoms with Crippen molar-refractivity contribution in [2.45, 2.75) is 26.8 Å². The molecule has 2 heteroatoms. The van der Waals surface area contributed by atoms with Gasteiger partial charge in [-0.05, 0) is 27.8 Å². The SMILES string of the molecule is CC[N+]1(C(C)C)CCN(C)CC1. The van der Waals surface area contributed by atoms with Crippen LogP contribution < -0.4 is 0 Å². The van der Waals surface area contributed by atoms with E-state index in [1.54, 1.807) is 0 Å². The van der Waals surface area contributed by atoms with Crippen LogP contribution >= 0.6 is 0 Å². The van der Waals surface area contributed by atoms with E-state index < -0.39 is 0 Å². The van der Waals surface area contributed by atoms with Crippen molar-refractivity contribution in [1.29, 1.82) is 0 Å². The molecule has 1 aliphatic rings. The van der Waals surface area contributed by atoms with Crippen molar-refractivity contribution in [2.24, 2.45) is 0 Å². The molecule has 0 aliphatic carbocycles. The van der Waals surface area contributed by atoms with Gasteiger partial charge >= 0.3 is 0 Å². The van der Waals surface area contributed by atoms with Crippen LogP contribution in [0.4, 0.5) is 0 Å². The fourth-order valence-corrected chi connectivity index (χ4v) is 2.16. The van der Waals surface area contributed by atoms with Crippen LogP contribution in [0.1, 0.15) is 20.8 Å². The maximum atomic E-state index is 2.44. The maximum absolute atomic E-state index is 2.44. The van der Waals surface area contributed by atoms with Crippen LogP contribution in [0.5, 0.6) is 0 Å². The van der Waals surface area contributed by atoms with Crippen molar-refractivity contribution in [3.8, 4) is 0 Å². The highest BCUT2D eigenvalue weighted by Crippen LogP contribution is 2.16. The topological polar surface area (TPSA) is 3.24 Å². The molecule has 2 nitrogen and oxygen atoms in total. The van der Waals surface area contributed by atoms with Gasteiger partial charge < -0.3 is 4.48 Å². The van der Waals surface area contributed by atoms with E-state index in [1.165, 1.54) is 37.2 Å². The molecule has 0 atom stereocenters. The van der Waals surface area contributed by atoms with E-state index in [2.05, 4.69) is 32.7 Å². The second-order valence-corrected chi connectivity index (χ2v) is 4.38. The number of rotatable bonds is 2. The Morgan fingerprint density at radius 3 is 2.08 bits per heavy atom. The Bertz CT molecular complexity index is 135. The lowest BCUT2D eigenvalue weighted by atomic mass is 10.1. The van der Waals surface area contributed by atoms with Crippen LogP contribution in [-0.4, -0.2) is 55.2 Å². The van der Waals surface area contributed by atoms with Crippen molar-refractivity contribution < 1.29 is 4.48 Å². The minimum Gasteiger partial charge on any atom is -0.320 e. The zero-order valence-electron chi connectivity index (χ0n) is 9.01. The van der Waals surface area contributed by atoms with E-state index in [1.807, 2.05) is 0 Å². The monoisotopic (exact) mass is 171 g/mol. The van der Waals surface area contributed by atoms with Crippen molar-refractivity contribution in [3.63, 3.8) is 0 Å². The van der Waals surface area contributed by atoms with Crippen molar-refractivity contribution in [2.75, 3.05) is 39.8 Å². The largest absolute Gasteiger partial charge is 0.320 e. The summed E-state index contributed by atoms with van der Waals surface area (Å²) in [5.41, 5.74) is 0. The average Bonchev–Trinajstić information content (AvgIpc) is 2.06. The van der Waals surface area contributed by atoms with E-state index in [4.69, 9.17) is 0 Å². The lowest BCUT2D eigenvalue weighted by Gasteiger charge is -2.46. The van der Waals surface area contributed by atoms with E-state index in [0.29, 0.717) is 0 Å². The molecule has 1 saturated heterocycles. The highest BCUT2D eigenvalue weighted by atomic mass is 15.4. The van der Waals surface area contributed by atoms with Crippen molar-refractivity contribution in [3.05, 3.63) is 0 Å². The lowest BCUT2D eigenvalue weighted by molar-refractivity contribution is -0.949. The van der Waals surface area contributed by atoms with Gasteiger partial charge in [0.15, 0.2) is 0 Å². The van der Waals surface area contributed by atoms with Gasteiger partial charge in [-0.1, -0.05) is 0 Å². The molecule has 12 heavy (non-hydrogen) atoms. The van der Waals surface area contributed by atoms with Gasteiger partial charge in [-0.3, -0.25) is 4.90 Å². The second kappa shape index (κ2) is 3.75. The molecule has 1 fully saturated rings. The first-order chi connectivity index (χ1) is 5.60. The van der Waals surface area contributed by atoms with Gasteiger partial charge in [-0.15, -0.1) is 0 Å². The van der Waals surface area contributed by atoms with Gasteiger partial charge in [-0.2, -0.15) is 0 Å². The highest BCUT2D eigenvalue weighted by Gasteiger charge is 2.32. The molecule has 0 aromatic carbocycles. The standard InChI is InChI=1S/C10H23N2/c1-5-12(10(2)3)8-6-11(4)7-9-12/h10H,5-9H2,1-4H3/q+1. The maximum Gasteiger partial charge on any atom is 0.0918 e. The van der Waals surface area contributed by atoms with Crippen LogP contribution in [0.15, 0.2) is 0 Å². The van der Waals surface area contributed by atoms with E-state index >= 15 is 0 Å². The number of piperazine rings is 1. The van der Waals surface area contributed by atoms with Gasteiger partial charge in [0.1, 0.15) is 0 Å². The molecule has 72 valence electrons. The Labute approximate surface area is 76.7 Å². The Kier molecular flexibility index (Phi) is 3.13. The molecule has 0 N–H and O–H groups in total. The summed E-state index contributed by atoms with van der Waals surface area (Å²) in [6, 6.07) is 0.795. The van der Waals surface area contributed by atoms with Gasteiger partial charge in [-0.25, -0.2) is 0 Å². The number of likely N-dealkylation sites (N-methyl/N-ethyl adjacent to an activating group) is 2. The van der Waals surface area contributed by atoms with Gasteiger partial charge in [0.25, 0.3) is 0 Å². The van der Waals surface area contributed by atoms with Gasteiger partial charge in [0.2, 0.25) is 0 Å². The van der Waals surface area contributed by atoms with Crippen LogP contribution in [-0.2, 0) is 0 Å². The fraction of sp³-hybridized carbons (Fsp3) is 1.00. The summed E-state index contributed by atoms with van der Waals surface area (Å²) in [7, 11) is 2.23. The molecular weight excluding hydrogens is 148 g/mol. The Hall–Kier alpha value is -0.0800. The van der Waals surface area contributed by atoms with Crippen LogP contribution in [0.25, 0.3) is 0 Å². The normalized spacial score (nSPS) is 24.8. The van der Waals surface area contributed by atoms with Crippen molar-refractivity contribution >= 4 is 0 Å². The molecule has 0 amide bonds. The summed E-state index contributed by atoms with van der Waals surface area (Å²) in [6.45, 7) is 13.5. The Morgan fingerprint density at radius 1 is 1.25 bits per heavy atom. The van der Waals surface area contributed by atoms with E-state index in [0.717, 1.165) is 6.04 Å². The summed E-state index contributed by atoms with van der Waals surface area (Å²) in [4.78, 5) is 2.44. The predicted molar refractivity (Wildman–Crippen MR) is 53.2 cm³/mol. The molecule has 1 heterocycles. The zero-order chi connectivity index (χ0) is 9.19. The Balaban J connectivity index is 2.57. The third-order valence-electron chi connectivity index (χ3n) is 3.58. The summed E-state index contributed by atoms with van der Waals surface area (Å²) < 4.78 is 1.32. The summed E-state index contributed by atoms with van der Waals surface area (Å²) >= 11 is 0. The van der Waals surface area contributed by atoms with Gasteiger partial charge in [0, 0.05) is 13.1 Å². The molecule has 0 saturated carbocycles. The molecule has 0 spiro atoms. The van der Waals surface area contributed by atoms with E-state index in [9.17, 15) is 0 Å². The smallest absolute Gasteiger partial charge is 0.0918 e. The second-order valence-electron chi connectivity index (χ2n) is 4.38. The zero-order valence-corrected chi connectivity index (χ0v) is 9.01. The summed E-state index contributed by atoms with van der Waals surface area (Å²) in [6.07, 6.45) is 0. The molecule has 0 aromatic heterocycles. The molecule has 0 unspecified atom stereocenters. The van der Waals surface area contributed by atoms with Crippen LogP contribution in [0.2, 0.25) is 0 Å². The minimum absolute atomic E-state index is 0.795. The third-order valence-corrected chi connectivity index (χ3v) is 3.58. The van der Waals surface area contributed by atoms with E-state index in [-0.39, 0.29) is 0 Å². The number of quaternary nitrogens is 1. The average molecular weight is 171 g/mol. The molecule has 1 aliphatic heterocycles. The molecule has 0 aromatic rings. The minimum atomic E-state index is 0.795. The number of hydrogen-bond acceptors (Lipinski definition) is 1. The summed E-state index contributed by atoms with van der Waals surface area (Å²) in [5, 5.41) is 0. The molecule has 1 rings (SSSR count). The Morgan fingerprint density at radius 2 is 1.75 bits per heavy atom. The van der Waals surface area contributed by atoms with Crippen LogP contribution in [0, 0.1) is 0 Å². The summed E-state index contributed by atoms with van der Waals surface area (Å²) in [5.74, 6) is 0. The van der Waals surface area contributed by atoms with Crippen LogP contribution in [0.3, 0.4) is 0 Å². The van der Waals surface area contributed by atoms with Crippen molar-refractivity contribution in [1.82, 2.24) is 4.90 Å². The fourth-order valence-electron chi connectivity index (χ4n) is 2.16. The molecule has 0 bridgehead atoms. The number of hydrogen-bond donors (Lipinski definition) is 0. The van der Waals surface area contributed by atoms with Gasteiger partial charge in [0.05, 0.1) is 25.7 Å². The number of nitrogens with zero attached hydrogens (tertiary/aromatic N) is 2.